The zero-order chi connectivity index (χ0) is 14.7. The number of rotatable bonds is 6. The second kappa shape index (κ2) is 5.85. The van der Waals surface area contributed by atoms with Crippen molar-refractivity contribution < 1.29 is 26.0 Å². The molecular weight excluding hydrogens is 288 g/mol. The van der Waals surface area contributed by atoms with Crippen LogP contribution in [0.15, 0.2) is 29.2 Å². The fourth-order valence-electron chi connectivity index (χ4n) is 1.19. The summed E-state index contributed by atoms with van der Waals surface area (Å²) in [6, 6.07) is 5.26. The molecule has 19 heavy (non-hydrogen) atoms. The van der Waals surface area contributed by atoms with Crippen LogP contribution >= 0.6 is 0 Å². The quantitative estimate of drug-likeness (QED) is 0.778. The highest BCUT2D eigenvalue weighted by Gasteiger charge is 2.41. The second-order valence-corrected chi connectivity index (χ2v) is 5.50. The fourth-order valence-corrected chi connectivity index (χ4v) is 2.30. The predicted molar refractivity (Wildman–Crippen MR) is 60.5 cm³/mol. The molecule has 0 saturated carbocycles. The van der Waals surface area contributed by atoms with Gasteiger partial charge in [-0.15, -0.1) is 0 Å². The van der Waals surface area contributed by atoms with E-state index < -0.39 is 28.9 Å². The first kappa shape index (κ1) is 15.9. The van der Waals surface area contributed by atoms with E-state index in [1.807, 2.05) is 0 Å². The summed E-state index contributed by atoms with van der Waals surface area (Å²) in [6.07, 6.45) is -3.94. The van der Waals surface area contributed by atoms with Gasteiger partial charge in [0.15, 0.2) is 0 Å². The lowest BCUT2D eigenvalue weighted by Crippen LogP contribution is -2.41. The van der Waals surface area contributed by atoms with Gasteiger partial charge in [-0.2, -0.15) is 8.78 Å². The van der Waals surface area contributed by atoms with E-state index in [1.165, 1.54) is 16.9 Å². The number of hydrogen-bond donors (Lipinski definition) is 2. The monoisotopic (exact) mass is 300 g/mol. The van der Waals surface area contributed by atoms with Gasteiger partial charge in [0.2, 0.25) is 10.0 Å². The highest BCUT2D eigenvalue weighted by atomic mass is 32.2. The molecule has 1 aromatic carbocycles. The van der Waals surface area contributed by atoms with Gasteiger partial charge in [-0.25, -0.2) is 21.9 Å². The molecule has 0 amide bonds. The Balaban J connectivity index is 2.87. The van der Waals surface area contributed by atoms with Gasteiger partial charge in [-0.05, 0) is 17.7 Å². The van der Waals surface area contributed by atoms with E-state index in [1.54, 1.807) is 6.07 Å². The molecule has 0 fully saturated rings. The first-order chi connectivity index (χ1) is 8.69. The van der Waals surface area contributed by atoms with Crippen LogP contribution < -0.4 is 10.5 Å². The van der Waals surface area contributed by atoms with Crippen molar-refractivity contribution in [3.63, 3.8) is 0 Å². The Morgan fingerprint density at radius 2 is 1.95 bits per heavy atom. The molecule has 1 aromatic rings. The van der Waals surface area contributed by atoms with Gasteiger partial charge in [0.1, 0.15) is 0 Å². The molecule has 0 spiro atoms. The Morgan fingerprint density at radius 1 is 1.32 bits per heavy atom. The van der Waals surface area contributed by atoms with Crippen molar-refractivity contribution in [2.75, 3.05) is 6.54 Å². The Hall–Kier alpha value is -1.19. The largest absolute Gasteiger partial charge is 0.326 e. The van der Waals surface area contributed by atoms with Crippen molar-refractivity contribution in [1.82, 2.24) is 4.72 Å². The zero-order valence-corrected chi connectivity index (χ0v) is 10.4. The topological polar surface area (TPSA) is 72.2 Å². The van der Waals surface area contributed by atoms with Crippen LogP contribution in [0.2, 0.25) is 0 Å². The van der Waals surface area contributed by atoms with Crippen LogP contribution in [0.4, 0.5) is 17.6 Å². The Morgan fingerprint density at radius 3 is 2.47 bits per heavy atom. The van der Waals surface area contributed by atoms with E-state index in [0.29, 0.717) is 5.56 Å². The lowest BCUT2D eigenvalue weighted by atomic mass is 10.2. The third-order valence-electron chi connectivity index (χ3n) is 2.26. The number of alkyl halides is 4. The Kier molecular flexibility index (Phi) is 4.88. The summed E-state index contributed by atoms with van der Waals surface area (Å²) in [7, 11) is -4.28. The maximum Gasteiger partial charge on any atom is 0.320 e. The SMILES string of the molecule is NCc1cccc(S(=O)(=O)NCC(F)(F)C(F)F)c1. The molecule has 4 nitrogen and oxygen atoms in total. The van der Waals surface area contributed by atoms with Crippen molar-refractivity contribution in [3.8, 4) is 0 Å². The second-order valence-electron chi connectivity index (χ2n) is 3.74. The first-order valence-corrected chi connectivity index (χ1v) is 6.62. The minimum atomic E-state index is -4.42. The molecule has 0 aromatic heterocycles. The molecule has 0 aliphatic carbocycles. The van der Waals surface area contributed by atoms with E-state index in [4.69, 9.17) is 5.73 Å². The van der Waals surface area contributed by atoms with E-state index >= 15 is 0 Å². The fraction of sp³-hybridized carbons (Fsp3) is 0.400. The van der Waals surface area contributed by atoms with Crippen LogP contribution in [0.1, 0.15) is 5.56 Å². The van der Waals surface area contributed by atoms with E-state index in [9.17, 15) is 26.0 Å². The number of benzene rings is 1. The van der Waals surface area contributed by atoms with Gasteiger partial charge < -0.3 is 5.73 Å². The molecule has 1 rings (SSSR count). The maximum atomic E-state index is 12.6. The van der Waals surface area contributed by atoms with Gasteiger partial charge >= 0.3 is 12.3 Å². The van der Waals surface area contributed by atoms with Crippen molar-refractivity contribution in [2.24, 2.45) is 5.73 Å². The summed E-state index contributed by atoms with van der Waals surface area (Å²) in [5.74, 6) is -4.42. The molecule has 0 atom stereocenters. The van der Waals surface area contributed by atoms with E-state index in [0.717, 1.165) is 6.07 Å². The third-order valence-corrected chi connectivity index (χ3v) is 3.66. The molecule has 0 unspecified atom stereocenters. The standard InChI is InChI=1S/C10H12F4N2O2S/c11-9(12)10(13,14)6-16-19(17,18)8-3-1-2-7(4-8)5-15/h1-4,9,16H,5-6,15H2. The summed E-state index contributed by atoms with van der Waals surface area (Å²) in [5, 5.41) is 0. The molecule has 0 aliphatic heterocycles. The van der Waals surface area contributed by atoms with E-state index in [2.05, 4.69) is 0 Å². The van der Waals surface area contributed by atoms with Gasteiger partial charge in [0.05, 0.1) is 11.4 Å². The summed E-state index contributed by atoms with van der Waals surface area (Å²) < 4.78 is 73.8. The summed E-state index contributed by atoms with van der Waals surface area (Å²) in [6.45, 7) is -1.60. The molecule has 108 valence electrons. The molecule has 0 aliphatic rings. The van der Waals surface area contributed by atoms with Crippen LogP contribution in [-0.2, 0) is 16.6 Å². The van der Waals surface area contributed by atoms with E-state index in [-0.39, 0.29) is 11.4 Å². The lowest BCUT2D eigenvalue weighted by Gasteiger charge is -2.16. The van der Waals surface area contributed by atoms with Crippen LogP contribution in [0.5, 0.6) is 0 Å². The van der Waals surface area contributed by atoms with Crippen LogP contribution in [0, 0.1) is 0 Å². The Labute approximate surface area is 107 Å². The van der Waals surface area contributed by atoms with Crippen molar-refractivity contribution in [1.29, 1.82) is 0 Å². The lowest BCUT2D eigenvalue weighted by molar-refractivity contribution is -0.122. The summed E-state index contributed by atoms with van der Waals surface area (Å²) >= 11 is 0. The van der Waals surface area contributed by atoms with Crippen LogP contribution in [0.25, 0.3) is 0 Å². The summed E-state index contributed by atoms with van der Waals surface area (Å²) in [5.41, 5.74) is 5.79. The van der Waals surface area contributed by atoms with Crippen molar-refractivity contribution in [3.05, 3.63) is 29.8 Å². The maximum absolute atomic E-state index is 12.6. The Bertz CT molecular complexity index is 534. The minimum absolute atomic E-state index is 0.0660. The first-order valence-electron chi connectivity index (χ1n) is 5.13. The molecule has 0 heterocycles. The molecular formula is C10H12F4N2O2S. The van der Waals surface area contributed by atoms with Crippen molar-refractivity contribution >= 4 is 10.0 Å². The molecule has 3 N–H and O–H groups in total. The number of halogens is 4. The molecule has 9 heteroatoms. The van der Waals surface area contributed by atoms with Gasteiger partial charge in [0.25, 0.3) is 0 Å². The van der Waals surface area contributed by atoms with Gasteiger partial charge in [-0.3, -0.25) is 0 Å². The number of hydrogen-bond acceptors (Lipinski definition) is 3. The van der Waals surface area contributed by atoms with Crippen LogP contribution in [0.3, 0.4) is 0 Å². The molecule has 0 radical (unpaired) electrons. The molecule has 0 saturated heterocycles. The van der Waals surface area contributed by atoms with Gasteiger partial charge in [0, 0.05) is 6.54 Å². The summed E-state index contributed by atoms with van der Waals surface area (Å²) in [4.78, 5) is -0.305. The zero-order valence-electron chi connectivity index (χ0n) is 9.61. The average molecular weight is 300 g/mol. The number of sulfonamides is 1. The number of nitrogens with one attached hydrogen (secondary N) is 1. The highest BCUT2D eigenvalue weighted by molar-refractivity contribution is 7.89. The average Bonchev–Trinajstić information content (AvgIpc) is 2.36. The highest BCUT2D eigenvalue weighted by Crippen LogP contribution is 2.22. The predicted octanol–water partition coefficient (Wildman–Crippen LogP) is 1.32. The van der Waals surface area contributed by atoms with Crippen LogP contribution in [-0.4, -0.2) is 27.3 Å². The normalized spacial score (nSPS) is 12.9. The molecule has 0 bridgehead atoms. The smallest absolute Gasteiger partial charge is 0.320 e. The number of nitrogens with two attached hydrogens (primary N) is 1. The minimum Gasteiger partial charge on any atom is -0.326 e. The van der Waals surface area contributed by atoms with Gasteiger partial charge in [-0.1, -0.05) is 12.1 Å². The third kappa shape index (κ3) is 4.15. The van der Waals surface area contributed by atoms with Crippen molar-refractivity contribution in [2.45, 2.75) is 23.8 Å².